The van der Waals surface area contributed by atoms with E-state index in [9.17, 15) is 0 Å². The van der Waals surface area contributed by atoms with Crippen LogP contribution in [-0.4, -0.2) is 15.0 Å². The molecule has 1 aromatic heterocycles. The number of hydrogen-bond donors (Lipinski definition) is 0. The zero-order chi connectivity index (χ0) is 34.5. The Hall–Kier alpha value is -6.36. The van der Waals surface area contributed by atoms with Crippen molar-refractivity contribution in [2.24, 2.45) is 0 Å². The lowest BCUT2D eigenvalue weighted by atomic mass is 9.63. The van der Waals surface area contributed by atoms with Crippen molar-refractivity contribution < 1.29 is 0 Å². The first-order chi connectivity index (χ1) is 25.8. The molecular weight excluding hydrogens is 651 g/mol. The van der Waals surface area contributed by atoms with Gasteiger partial charge in [0.15, 0.2) is 17.5 Å². The Balaban J connectivity index is 1.23. The number of aromatic nitrogens is 3. The molecule has 0 amide bonds. The van der Waals surface area contributed by atoms with Crippen LogP contribution in [0.2, 0.25) is 0 Å². The van der Waals surface area contributed by atoms with Crippen molar-refractivity contribution in [1.29, 1.82) is 0 Å². The molecule has 0 radical (unpaired) electrons. The van der Waals surface area contributed by atoms with Gasteiger partial charge >= 0.3 is 0 Å². The van der Waals surface area contributed by atoms with Crippen LogP contribution in [0.4, 0.5) is 0 Å². The van der Waals surface area contributed by atoms with Crippen LogP contribution in [0.15, 0.2) is 186 Å². The lowest BCUT2D eigenvalue weighted by molar-refractivity contribution is 0.701. The summed E-state index contributed by atoms with van der Waals surface area (Å²) < 4.78 is 0. The molecule has 0 saturated heterocycles. The predicted molar refractivity (Wildman–Crippen MR) is 213 cm³/mol. The fraction of sp³-hybridized carbons (Fsp3) is 0.0208. The van der Waals surface area contributed by atoms with Crippen LogP contribution < -0.4 is 0 Å². The fourth-order valence-corrected chi connectivity index (χ4v) is 9.06. The van der Waals surface area contributed by atoms with Crippen LogP contribution in [0.5, 0.6) is 0 Å². The average molecular weight is 682 g/mol. The molecule has 1 aliphatic carbocycles. The minimum absolute atomic E-state index is 0.563. The Bertz CT molecular complexity index is 2620. The first-order valence-electron chi connectivity index (χ1n) is 17.5. The van der Waals surface area contributed by atoms with Gasteiger partial charge in [-0.2, -0.15) is 0 Å². The van der Waals surface area contributed by atoms with Crippen molar-refractivity contribution in [3.63, 3.8) is 0 Å². The predicted octanol–water partition coefficient (Wildman–Crippen LogP) is 11.9. The van der Waals surface area contributed by atoms with Gasteiger partial charge in [0, 0.05) is 26.5 Å². The average Bonchev–Trinajstić information content (AvgIpc) is 3.36. The zero-order valence-corrected chi connectivity index (χ0v) is 29.0. The summed E-state index contributed by atoms with van der Waals surface area (Å²) in [5.41, 5.74) is 12.0. The van der Waals surface area contributed by atoms with Gasteiger partial charge in [-0.05, 0) is 68.8 Å². The Kier molecular flexibility index (Phi) is 7.29. The standard InChI is InChI=1S/C48H31N3S/c1-3-14-32(15-4-1)36-19-13-20-37(30-36)46-49-45(35-17-5-2-6-18-35)50-47(51-46)38-29-28-34-27-26-33-16-7-8-21-39(33)48(42(34)31-38)40-22-9-11-24-43(40)52-44-25-12-10-23-41(44)48/h1-31H. The number of fused-ring (bicyclic) bond motifs is 8. The van der Waals surface area contributed by atoms with Crippen molar-refractivity contribution in [2.45, 2.75) is 15.2 Å². The quantitative estimate of drug-likeness (QED) is 0.185. The van der Waals surface area contributed by atoms with Gasteiger partial charge in [-0.25, -0.2) is 15.0 Å². The minimum Gasteiger partial charge on any atom is -0.208 e. The summed E-state index contributed by atoms with van der Waals surface area (Å²) >= 11 is 1.85. The number of rotatable bonds is 4. The van der Waals surface area contributed by atoms with Gasteiger partial charge < -0.3 is 0 Å². The molecule has 52 heavy (non-hydrogen) atoms. The van der Waals surface area contributed by atoms with E-state index in [0.29, 0.717) is 17.5 Å². The SMILES string of the molecule is C1=Cc2ccc(-c3nc(-c4ccccc4)nc(-c4cccc(-c5ccccc5)c4)n3)cc2C2(c3ccccc31)c1ccccc1Sc1ccccc12. The van der Waals surface area contributed by atoms with E-state index in [0.717, 1.165) is 27.8 Å². The van der Waals surface area contributed by atoms with E-state index in [1.54, 1.807) is 0 Å². The van der Waals surface area contributed by atoms with E-state index < -0.39 is 5.41 Å². The third kappa shape index (κ3) is 4.95. The summed E-state index contributed by atoms with van der Waals surface area (Å²) in [4.78, 5) is 18.0. The van der Waals surface area contributed by atoms with E-state index in [1.165, 1.54) is 43.2 Å². The molecule has 10 rings (SSSR count). The lowest BCUT2D eigenvalue weighted by Crippen LogP contribution is -2.35. The van der Waals surface area contributed by atoms with Crippen molar-refractivity contribution >= 4 is 23.9 Å². The summed E-state index contributed by atoms with van der Waals surface area (Å²) in [5.74, 6) is 1.92. The lowest BCUT2D eigenvalue weighted by Gasteiger charge is -2.42. The van der Waals surface area contributed by atoms with Gasteiger partial charge in [0.2, 0.25) is 0 Å². The molecule has 8 aromatic rings. The molecule has 0 saturated carbocycles. The maximum Gasteiger partial charge on any atom is 0.164 e. The third-order valence-corrected chi connectivity index (χ3v) is 11.4. The van der Waals surface area contributed by atoms with Gasteiger partial charge in [0.25, 0.3) is 0 Å². The molecule has 0 bridgehead atoms. The monoisotopic (exact) mass is 681 g/mol. The second kappa shape index (κ2) is 12.4. The number of benzene rings is 7. The second-order valence-corrected chi connectivity index (χ2v) is 14.3. The highest BCUT2D eigenvalue weighted by molar-refractivity contribution is 7.99. The van der Waals surface area contributed by atoms with Gasteiger partial charge in [0.1, 0.15) is 0 Å². The van der Waals surface area contributed by atoms with Crippen LogP contribution in [0.3, 0.4) is 0 Å². The summed E-state index contributed by atoms with van der Waals surface area (Å²) in [5, 5.41) is 0. The molecule has 2 heterocycles. The van der Waals surface area contributed by atoms with Crippen molar-refractivity contribution in [3.05, 3.63) is 209 Å². The Morgan fingerprint density at radius 2 is 0.808 bits per heavy atom. The van der Waals surface area contributed by atoms with E-state index in [1.807, 2.05) is 36.0 Å². The minimum atomic E-state index is -0.563. The highest BCUT2D eigenvalue weighted by Gasteiger charge is 2.46. The Morgan fingerprint density at radius 3 is 1.48 bits per heavy atom. The third-order valence-electron chi connectivity index (χ3n) is 10.2. The van der Waals surface area contributed by atoms with Gasteiger partial charge in [-0.3, -0.25) is 0 Å². The number of hydrogen-bond acceptors (Lipinski definition) is 4. The van der Waals surface area contributed by atoms with Crippen LogP contribution in [0.25, 0.3) is 57.4 Å². The zero-order valence-electron chi connectivity index (χ0n) is 28.1. The molecule has 0 fully saturated rings. The highest BCUT2D eigenvalue weighted by atomic mass is 32.2. The van der Waals surface area contributed by atoms with E-state index in [-0.39, 0.29) is 0 Å². The molecule has 0 atom stereocenters. The summed E-state index contributed by atoms with van der Waals surface area (Å²) in [6.07, 6.45) is 4.53. The molecule has 0 N–H and O–H groups in total. The Labute approximate surface area is 307 Å². The molecule has 4 heteroatoms. The Morgan fingerprint density at radius 1 is 0.327 bits per heavy atom. The molecule has 7 aromatic carbocycles. The topological polar surface area (TPSA) is 38.7 Å². The van der Waals surface area contributed by atoms with Crippen molar-refractivity contribution in [1.82, 2.24) is 15.0 Å². The highest BCUT2D eigenvalue weighted by Crippen LogP contribution is 2.58. The van der Waals surface area contributed by atoms with Gasteiger partial charge in [0.05, 0.1) is 5.41 Å². The maximum absolute atomic E-state index is 5.23. The van der Waals surface area contributed by atoms with Crippen LogP contribution >= 0.6 is 11.8 Å². The van der Waals surface area contributed by atoms with Crippen molar-refractivity contribution in [3.8, 4) is 45.3 Å². The molecule has 1 spiro atoms. The molecule has 244 valence electrons. The molecule has 3 nitrogen and oxygen atoms in total. The fourth-order valence-electron chi connectivity index (χ4n) is 7.87. The molecule has 2 aliphatic rings. The van der Waals surface area contributed by atoms with Crippen molar-refractivity contribution in [2.75, 3.05) is 0 Å². The molecular formula is C48H31N3S. The van der Waals surface area contributed by atoms with Gasteiger partial charge in [-0.1, -0.05) is 176 Å². The summed E-state index contributed by atoms with van der Waals surface area (Å²) in [6.45, 7) is 0. The summed E-state index contributed by atoms with van der Waals surface area (Å²) in [6, 6.07) is 62.5. The van der Waals surface area contributed by atoms with Gasteiger partial charge in [-0.15, -0.1) is 0 Å². The second-order valence-electron chi connectivity index (χ2n) is 13.2. The molecule has 1 aliphatic heterocycles. The molecule has 0 unspecified atom stereocenters. The normalized spacial score (nSPS) is 13.4. The smallest absolute Gasteiger partial charge is 0.164 e. The van der Waals surface area contributed by atoms with E-state index in [2.05, 4.69) is 164 Å². The summed E-state index contributed by atoms with van der Waals surface area (Å²) in [7, 11) is 0. The number of nitrogens with zero attached hydrogens (tertiary/aromatic N) is 3. The van der Waals surface area contributed by atoms with Crippen LogP contribution in [-0.2, 0) is 5.41 Å². The van der Waals surface area contributed by atoms with Crippen LogP contribution in [0, 0.1) is 0 Å². The van der Waals surface area contributed by atoms with E-state index in [4.69, 9.17) is 15.0 Å². The van der Waals surface area contributed by atoms with E-state index >= 15 is 0 Å². The maximum atomic E-state index is 5.23. The first kappa shape index (κ1) is 30.5. The largest absolute Gasteiger partial charge is 0.208 e. The van der Waals surface area contributed by atoms with Crippen LogP contribution in [0.1, 0.15) is 33.4 Å². The first-order valence-corrected chi connectivity index (χ1v) is 18.3.